The number of aromatic nitrogens is 2. The Bertz CT molecular complexity index is 348. The fraction of sp³-hybridized carbons (Fsp3) is 0.111. The van der Waals surface area contributed by atoms with Crippen molar-refractivity contribution in [3.63, 3.8) is 0 Å². The molecule has 2 heterocycles. The number of nitrogens with one attached hydrogen (secondary N) is 1. The molecule has 0 aliphatic heterocycles. The van der Waals surface area contributed by atoms with Crippen LogP contribution in [0.2, 0.25) is 0 Å². The smallest absolute Gasteiger partial charge is 0.104 e. The van der Waals surface area contributed by atoms with E-state index >= 15 is 0 Å². The summed E-state index contributed by atoms with van der Waals surface area (Å²) in [4.78, 5) is 8.22. The van der Waals surface area contributed by atoms with Crippen molar-refractivity contribution in [3.8, 4) is 11.4 Å². The van der Waals surface area contributed by atoms with Gasteiger partial charge in [0.15, 0.2) is 0 Å². The normalized spacial score (nSPS) is 10.1. The molecule has 0 aromatic carbocycles. The van der Waals surface area contributed by atoms with Crippen molar-refractivity contribution < 1.29 is 4.84 Å². The van der Waals surface area contributed by atoms with Crippen molar-refractivity contribution in [2.24, 2.45) is 0 Å². The minimum Gasteiger partial charge on any atom is -0.417 e. The van der Waals surface area contributed by atoms with Gasteiger partial charge in [-0.05, 0) is 24.3 Å². The fourth-order valence-corrected chi connectivity index (χ4v) is 1.22. The first-order chi connectivity index (χ1) is 5.92. The molecule has 3 nitrogen and oxygen atoms in total. The Morgan fingerprint density at radius 2 is 2.25 bits per heavy atom. The Hall–Kier alpha value is -1.64. The summed E-state index contributed by atoms with van der Waals surface area (Å²) in [6.07, 6.45) is 3.76. The number of H-pyrrole nitrogens is 1. The first-order valence-corrected chi connectivity index (χ1v) is 3.77. The second-order valence-corrected chi connectivity index (χ2v) is 2.49. The molecule has 0 amide bonds. The Balaban J connectivity index is 2.46. The summed E-state index contributed by atoms with van der Waals surface area (Å²) >= 11 is 0. The maximum absolute atomic E-state index is 5.11. The number of hydrogen-bond donors (Lipinski definition) is 1. The van der Waals surface area contributed by atoms with E-state index in [1.165, 1.54) is 0 Å². The molecule has 0 saturated heterocycles. The minimum atomic E-state index is 1.03. The standard InChI is InChI=1S/C9H10N2O/c1-12-11-7-3-5-9(11)8-4-2-6-10-8/h2-7,10H,1H3. The molecule has 62 valence electrons. The van der Waals surface area contributed by atoms with Crippen molar-refractivity contribution in [3.05, 3.63) is 36.7 Å². The second-order valence-electron chi connectivity index (χ2n) is 2.49. The van der Waals surface area contributed by atoms with Gasteiger partial charge in [0.25, 0.3) is 0 Å². The van der Waals surface area contributed by atoms with Gasteiger partial charge in [-0.25, -0.2) is 0 Å². The third-order valence-corrected chi connectivity index (χ3v) is 1.78. The molecule has 0 unspecified atom stereocenters. The van der Waals surface area contributed by atoms with Crippen LogP contribution in [0, 0.1) is 0 Å². The van der Waals surface area contributed by atoms with Gasteiger partial charge in [0.2, 0.25) is 0 Å². The zero-order chi connectivity index (χ0) is 8.39. The second kappa shape index (κ2) is 2.77. The van der Waals surface area contributed by atoms with E-state index in [1.807, 2.05) is 36.7 Å². The zero-order valence-electron chi connectivity index (χ0n) is 6.82. The third kappa shape index (κ3) is 0.993. The van der Waals surface area contributed by atoms with Crippen LogP contribution in [0.1, 0.15) is 0 Å². The Kier molecular flexibility index (Phi) is 1.63. The van der Waals surface area contributed by atoms with Gasteiger partial charge in [0.05, 0.1) is 5.69 Å². The molecule has 1 N–H and O–H groups in total. The topological polar surface area (TPSA) is 29.9 Å². The third-order valence-electron chi connectivity index (χ3n) is 1.78. The van der Waals surface area contributed by atoms with Crippen molar-refractivity contribution >= 4 is 0 Å². The lowest BCUT2D eigenvalue weighted by atomic mass is 10.3. The molecule has 2 rings (SSSR count). The van der Waals surface area contributed by atoms with Gasteiger partial charge < -0.3 is 9.82 Å². The zero-order valence-corrected chi connectivity index (χ0v) is 6.82. The SMILES string of the molecule is COn1cccc1-c1ccc[nH]1. The molecule has 3 heteroatoms. The first-order valence-electron chi connectivity index (χ1n) is 3.77. The van der Waals surface area contributed by atoms with Crippen LogP contribution in [-0.2, 0) is 0 Å². The lowest BCUT2D eigenvalue weighted by Crippen LogP contribution is -2.05. The van der Waals surface area contributed by atoms with Gasteiger partial charge in [-0.1, -0.05) is 0 Å². The van der Waals surface area contributed by atoms with E-state index in [0.717, 1.165) is 11.4 Å². The van der Waals surface area contributed by atoms with E-state index in [4.69, 9.17) is 4.84 Å². The van der Waals surface area contributed by atoms with Gasteiger partial charge in [-0.2, -0.15) is 4.73 Å². The van der Waals surface area contributed by atoms with Crippen molar-refractivity contribution in [1.82, 2.24) is 9.71 Å². The maximum atomic E-state index is 5.11. The van der Waals surface area contributed by atoms with Gasteiger partial charge in [-0.15, -0.1) is 0 Å². The Labute approximate surface area is 70.5 Å². The summed E-state index contributed by atoms with van der Waals surface area (Å²) in [5, 5.41) is 0. The highest BCUT2D eigenvalue weighted by molar-refractivity contribution is 5.54. The molecule has 0 atom stereocenters. The molecule has 0 spiro atoms. The molecule has 0 aliphatic rings. The summed E-state index contributed by atoms with van der Waals surface area (Å²) in [5.41, 5.74) is 2.09. The lowest BCUT2D eigenvalue weighted by molar-refractivity contribution is 0.172. The van der Waals surface area contributed by atoms with Gasteiger partial charge in [0.1, 0.15) is 12.8 Å². The maximum Gasteiger partial charge on any atom is 0.104 e. The van der Waals surface area contributed by atoms with Crippen LogP contribution in [-0.4, -0.2) is 16.8 Å². The molecule has 0 radical (unpaired) electrons. The number of nitrogens with zero attached hydrogens (tertiary/aromatic N) is 1. The minimum absolute atomic E-state index is 1.03. The summed E-state index contributed by atoms with van der Waals surface area (Å²) in [6, 6.07) is 7.90. The van der Waals surface area contributed by atoms with Crippen LogP contribution in [0.3, 0.4) is 0 Å². The van der Waals surface area contributed by atoms with E-state index in [-0.39, 0.29) is 0 Å². The fourth-order valence-electron chi connectivity index (χ4n) is 1.22. The predicted molar refractivity (Wildman–Crippen MR) is 46.7 cm³/mol. The summed E-state index contributed by atoms with van der Waals surface area (Å²) in [7, 11) is 1.65. The highest BCUT2D eigenvalue weighted by atomic mass is 16.6. The van der Waals surface area contributed by atoms with E-state index in [2.05, 4.69) is 4.98 Å². The van der Waals surface area contributed by atoms with E-state index in [9.17, 15) is 0 Å². The molecule has 12 heavy (non-hydrogen) atoms. The van der Waals surface area contributed by atoms with Gasteiger partial charge in [0, 0.05) is 12.4 Å². The van der Waals surface area contributed by atoms with Gasteiger partial charge in [-0.3, -0.25) is 0 Å². The molecule has 0 fully saturated rings. The molecule has 0 aliphatic carbocycles. The Morgan fingerprint density at radius 1 is 1.33 bits per heavy atom. The lowest BCUT2D eigenvalue weighted by Gasteiger charge is -2.04. The molecule has 0 saturated carbocycles. The van der Waals surface area contributed by atoms with E-state index < -0.39 is 0 Å². The molecule has 2 aromatic heterocycles. The van der Waals surface area contributed by atoms with Crippen LogP contribution in [0.25, 0.3) is 11.4 Å². The quantitative estimate of drug-likeness (QED) is 0.713. The van der Waals surface area contributed by atoms with Gasteiger partial charge >= 0.3 is 0 Å². The average molecular weight is 162 g/mol. The summed E-state index contributed by atoms with van der Waals surface area (Å²) in [6.45, 7) is 0. The van der Waals surface area contributed by atoms with Crippen molar-refractivity contribution in [2.45, 2.75) is 0 Å². The molecule has 2 aromatic rings. The summed E-state index contributed by atoms with van der Waals surface area (Å²) < 4.78 is 1.71. The number of hydrogen-bond acceptors (Lipinski definition) is 1. The molecular formula is C9H10N2O. The number of aromatic amines is 1. The van der Waals surface area contributed by atoms with Crippen LogP contribution >= 0.6 is 0 Å². The average Bonchev–Trinajstić information content (AvgIpc) is 2.74. The van der Waals surface area contributed by atoms with E-state index in [1.54, 1.807) is 11.8 Å². The van der Waals surface area contributed by atoms with Crippen molar-refractivity contribution in [2.75, 3.05) is 7.11 Å². The van der Waals surface area contributed by atoms with Crippen LogP contribution in [0.15, 0.2) is 36.7 Å². The molecular weight excluding hydrogens is 152 g/mol. The van der Waals surface area contributed by atoms with Crippen LogP contribution < -0.4 is 4.84 Å². The van der Waals surface area contributed by atoms with E-state index in [0.29, 0.717) is 0 Å². The van der Waals surface area contributed by atoms with Crippen LogP contribution in [0.5, 0.6) is 0 Å². The van der Waals surface area contributed by atoms with Crippen LogP contribution in [0.4, 0.5) is 0 Å². The molecule has 0 bridgehead atoms. The summed E-state index contributed by atoms with van der Waals surface area (Å²) in [5.74, 6) is 0. The van der Waals surface area contributed by atoms with Crippen molar-refractivity contribution in [1.29, 1.82) is 0 Å². The Morgan fingerprint density at radius 3 is 2.92 bits per heavy atom. The predicted octanol–water partition coefficient (Wildman–Crippen LogP) is 1.54. The monoisotopic (exact) mass is 162 g/mol. The first kappa shape index (κ1) is 7.03. The highest BCUT2D eigenvalue weighted by Gasteiger charge is 2.02. The number of rotatable bonds is 2. The highest BCUT2D eigenvalue weighted by Crippen LogP contribution is 2.15. The largest absolute Gasteiger partial charge is 0.417 e.